The number of primary amides is 1. The number of carbonyl (C=O) groups is 1. The third kappa shape index (κ3) is 4.44. The number of nitriles is 1. The number of aromatic nitrogens is 2. The number of amides is 1. The van der Waals surface area contributed by atoms with Gasteiger partial charge in [0, 0.05) is 18.7 Å². The van der Waals surface area contributed by atoms with Crippen LogP contribution in [0.2, 0.25) is 0 Å². The lowest BCUT2D eigenvalue weighted by Crippen LogP contribution is -2.29. The lowest BCUT2D eigenvalue weighted by atomic mass is 10.1. The maximum Gasteiger partial charge on any atom is 0.270 e. The highest BCUT2D eigenvalue weighted by Gasteiger charge is 2.18. The molecule has 140 valence electrons. The number of carbonyl (C=O) groups excluding carboxylic acids is 1. The smallest absolute Gasteiger partial charge is 0.270 e. The van der Waals surface area contributed by atoms with E-state index in [2.05, 4.69) is 9.97 Å². The summed E-state index contributed by atoms with van der Waals surface area (Å²) in [5, 5.41) is 9.44. The molecule has 3 N–H and O–H groups in total. The molecule has 1 saturated heterocycles. The Hall–Kier alpha value is -3.34. The van der Waals surface area contributed by atoms with Crippen LogP contribution in [0.15, 0.2) is 29.1 Å². The summed E-state index contributed by atoms with van der Waals surface area (Å²) in [5.74, 6) is 0.295. The Morgan fingerprint density at radius 2 is 2.04 bits per heavy atom. The van der Waals surface area contributed by atoms with E-state index in [0.29, 0.717) is 23.0 Å². The number of hydrogen-bond acceptors (Lipinski definition) is 6. The van der Waals surface area contributed by atoms with Crippen LogP contribution >= 0.6 is 0 Å². The average Bonchev–Trinajstić information content (AvgIpc) is 2.95. The van der Waals surface area contributed by atoms with Gasteiger partial charge in [-0.05, 0) is 25.0 Å². The maximum absolute atomic E-state index is 12.5. The van der Waals surface area contributed by atoms with Gasteiger partial charge in [0.15, 0.2) is 6.61 Å². The molecule has 3 rings (SSSR count). The zero-order chi connectivity index (χ0) is 19.2. The third-order valence-corrected chi connectivity index (χ3v) is 4.41. The Balaban J connectivity index is 2.01. The van der Waals surface area contributed by atoms with Gasteiger partial charge in [-0.25, -0.2) is 4.98 Å². The molecule has 2 heterocycles. The van der Waals surface area contributed by atoms with E-state index in [1.165, 1.54) is 0 Å². The number of aromatic amines is 1. The Morgan fingerprint density at radius 1 is 1.30 bits per heavy atom. The second-order valence-corrected chi connectivity index (χ2v) is 6.41. The average molecular weight is 367 g/mol. The van der Waals surface area contributed by atoms with Crippen LogP contribution in [0.5, 0.6) is 5.75 Å². The maximum atomic E-state index is 12.5. The number of H-pyrrole nitrogens is 1. The van der Waals surface area contributed by atoms with E-state index in [-0.39, 0.29) is 12.2 Å². The van der Waals surface area contributed by atoms with Gasteiger partial charge in [0.05, 0.1) is 5.69 Å². The normalized spacial score (nSPS) is 14.3. The SMILES string of the molecule is N#Cc1c(-c2cccc(OCC(N)=O)c2)nc(N2CCCCCC2)[nH]c1=O. The monoisotopic (exact) mass is 367 g/mol. The molecule has 0 unspecified atom stereocenters. The summed E-state index contributed by atoms with van der Waals surface area (Å²) >= 11 is 0. The number of nitrogens with two attached hydrogens (primary N) is 1. The number of hydrogen-bond donors (Lipinski definition) is 2. The first-order valence-electron chi connectivity index (χ1n) is 8.89. The van der Waals surface area contributed by atoms with E-state index in [0.717, 1.165) is 38.8 Å². The number of nitrogens with one attached hydrogen (secondary N) is 1. The quantitative estimate of drug-likeness (QED) is 0.826. The van der Waals surface area contributed by atoms with E-state index >= 15 is 0 Å². The van der Waals surface area contributed by atoms with Gasteiger partial charge in [0.2, 0.25) is 5.95 Å². The van der Waals surface area contributed by atoms with Gasteiger partial charge in [-0.1, -0.05) is 25.0 Å². The van der Waals surface area contributed by atoms with E-state index < -0.39 is 11.5 Å². The minimum atomic E-state index is -0.587. The van der Waals surface area contributed by atoms with Crippen molar-refractivity contribution < 1.29 is 9.53 Å². The van der Waals surface area contributed by atoms with E-state index in [4.69, 9.17) is 10.5 Å². The second kappa shape index (κ2) is 8.36. The molecule has 27 heavy (non-hydrogen) atoms. The van der Waals surface area contributed by atoms with E-state index in [9.17, 15) is 14.9 Å². The number of benzene rings is 1. The summed E-state index contributed by atoms with van der Waals surface area (Å²) < 4.78 is 5.31. The van der Waals surface area contributed by atoms with Gasteiger partial charge in [-0.2, -0.15) is 5.26 Å². The Bertz CT molecular complexity index is 924. The number of nitrogens with zero attached hydrogens (tertiary/aromatic N) is 3. The summed E-state index contributed by atoms with van der Waals surface area (Å²) in [6.07, 6.45) is 4.39. The fourth-order valence-corrected chi connectivity index (χ4v) is 3.09. The van der Waals surface area contributed by atoms with Crippen LogP contribution < -0.4 is 20.9 Å². The molecule has 1 aliphatic heterocycles. The Morgan fingerprint density at radius 3 is 2.70 bits per heavy atom. The molecular formula is C19H21N5O3. The summed E-state index contributed by atoms with van der Waals surface area (Å²) in [6.45, 7) is 1.38. The predicted octanol–water partition coefficient (Wildman–Crippen LogP) is 1.55. The van der Waals surface area contributed by atoms with Crippen LogP contribution in [0.25, 0.3) is 11.3 Å². The molecule has 0 aliphatic carbocycles. The number of rotatable bonds is 5. The first kappa shape index (κ1) is 18.5. The highest BCUT2D eigenvalue weighted by molar-refractivity contribution is 5.75. The summed E-state index contributed by atoms with van der Waals surface area (Å²) in [5.41, 5.74) is 5.44. The van der Waals surface area contributed by atoms with Crippen molar-refractivity contribution in [2.24, 2.45) is 5.73 Å². The first-order chi connectivity index (χ1) is 13.1. The molecule has 0 spiro atoms. The third-order valence-electron chi connectivity index (χ3n) is 4.41. The van der Waals surface area contributed by atoms with Gasteiger partial charge >= 0.3 is 0 Å². The molecule has 8 nitrogen and oxygen atoms in total. The summed E-state index contributed by atoms with van der Waals surface area (Å²) in [6, 6.07) is 8.69. The van der Waals surface area contributed by atoms with Crippen LogP contribution in [-0.2, 0) is 4.79 Å². The van der Waals surface area contributed by atoms with Crippen LogP contribution in [0, 0.1) is 11.3 Å². The van der Waals surface area contributed by atoms with Crippen molar-refractivity contribution in [2.45, 2.75) is 25.7 Å². The molecular weight excluding hydrogens is 346 g/mol. The molecule has 1 aromatic heterocycles. The molecule has 0 radical (unpaired) electrons. The number of ether oxygens (including phenoxy) is 1. The van der Waals surface area contributed by atoms with Crippen molar-refractivity contribution in [3.8, 4) is 23.1 Å². The van der Waals surface area contributed by atoms with Crippen molar-refractivity contribution in [3.05, 3.63) is 40.2 Å². The zero-order valence-corrected chi connectivity index (χ0v) is 14.9. The molecule has 8 heteroatoms. The molecule has 0 saturated carbocycles. The van der Waals surface area contributed by atoms with Crippen LogP contribution in [0.1, 0.15) is 31.2 Å². The van der Waals surface area contributed by atoms with Gasteiger partial charge < -0.3 is 15.4 Å². The minimum absolute atomic E-state index is 0.0550. The van der Waals surface area contributed by atoms with Crippen molar-refractivity contribution in [1.82, 2.24) is 9.97 Å². The lowest BCUT2D eigenvalue weighted by molar-refractivity contribution is -0.119. The second-order valence-electron chi connectivity index (χ2n) is 6.41. The molecule has 1 fully saturated rings. The van der Waals surface area contributed by atoms with Crippen molar-refractivity contribution >= 4 is 11.9 Å². The van der Waals surface area contributed by atoms with Gasteiger partial charge in [-0.3, -0.25) is 14.6 Å². The van der Waals surface area contributed by atoms with Crippen LogP contribution in [0.4, 0.5) is 5.95 Å². The summed E-state index contributed by atoms with van der Waals surface area (Å²) in [7, 11) is 0. The molecule has 1 amide bonds. The zero-order valence-electron chi connectivity index (χ0n) is 14.9. The lowest BCUT2D eigenvalue weighted by Gasteiger charge is -2.21. The van der Waals surface area contributed by atoms with Gasteiger partial charge in [0.1, 0.15) is 17.4 Å². The molecule has 2 aromatic rings. The molecule has 0 bridgehead atoms. The highest BCUT2D eigenvalue weighted by atomic mass is 16.5. The van der Waals surface area contributed by atoms with E-state index in [1.54, 1.807) is 24.3 Å². The highest BCUT2D eigenvalue weighted by Crippen LogP contribution is 2.25. The Kier molecular flexibility index (Phi) is 5.71. The minimum Gasteiger partial charge on any atom is -0.484 e. The predicted molar refractivity (Wildman–Crippen MR) is 100 cm³/mol. The number of anilines is 1. The fraction of sp³-hybridized carbons (Fsp3) is 0.368. The van der Waals surface area contributed by atoms with Crippen molar-refractivity contribution in [2.75, 3.05) is 24.6 Å². The van der Waals surface area contributed by atoms with Gasteiger partial charge in [-0.15, -0.1) is 0 Å². The largest absolute Gasteiger partial charge is 0.484 e. The van der Waals surface area contributed by atoms with Gasteiger partial charge in [0.25, 0.3) is 11.5 Å². The molecule has 0 atom stereocenters. The first-order valence-corrected chi connectivity index (χ1v) is 8.89. The van der Waals surface area contributed by atoms with E-state index in [1.807, 2.05) is 11.0 Å². The van der Waals surface area contributed by atoms with Crippen LogP contribution in [-0.4, -0.2) is 35.6 Å². The van der Waals surface area contributed by atoms with Crippen molar-refractivity contribution in [3.63, 3.8) is 0 Å². The standard InChI is InChI=1S/C19H21N5O3/c20-11-15-17(13-6-5-7-14(10-13)27-12-16(21)25)22-19(23-18(15)26)24-8-3-1-2-4-9-24/h5-7,10H,1-4,8-9,12H2,(H2,21,25)(H,22,23,26). The van der Waals surface area contributed by atoms with Crippen molar-refractivity contribution in [1.29, 1.82) is 5.26 Å². The topological polar surface area (TPSA) is 125 Å². The Labute approximate surface area is 156 Å². The summed E-state index contributed by atoms with van der Waals surface area (Å²) in [4.78, 5) is 32.7. The molecule has 1 aromatic carbocycles. The van der Waals surface area contributed by atoms with Crippen LogP contribution in [0.3, 0.4) is 0 Å². The fourth-order valence-electron chi connectivity index (χ4n) is 3.09. The molecule has 1 aliphatic rings.